The van der Waals surface area contributed by atoms with E-state index < -0.39 is 0 Å². The van der Waals surface area contributed by atoms with Crippen molar-refractivity contribution in [2.24, 2.45) is 0 Å². The lowest BCUT2D eigenvalue weighted by Gasteiger charge is -2.22. The van der Waals surface area contributed by atoms with Gasteiger partial charge in [0.05, 0.1) is 16.9 Å². The standard InChI is InChI=1S/C25H28N2O/c1-5-11-17-15-9-10-16-18(17)25(28)22-20(13-7-3)19(12-6-2)21(14-8-4)23(26)24(22)27/h5-10,15-16H,1-4,11-14,26-27H2. The molecule has 0 radical (unpaired) electrons. The zero-order valence-electron chi connectivity index (χ0n) is 16.3. The Bertz CT molecular complexity index is 938. The van der Waals surface area contributed by atoms with Gasteiger partial charge in [0, 0.05) is 5.56 Å². The van der Waals surface area contributed by atoms with Gasteiger partial charge in [-0.3, -0.25) is 4.79 Å². The van der Waals surface area contributed by atoms with E-state index in [1.54, 1.807) is 18.2 Å². The van der Waals surface area contributed by atoms with Crippen molar-refractivity contribution in [2.45, 2.75) is 25.7 Å². The Labute approximate surface area is 167 Å². The van der Waals surface area contributed by atoms with E-state index in [0.29, 0.717) is 48.2 Å². The third-order valence-corrected chi connectivity index (χ3v) is 4.81. The fourth-order valence-electron chi connectivity index (χ4n) is 3.56. The molecule has 0 aliphatic heterocycles. The van der Waals surface area contributed by atoms with Crippen LogP contribution in [0.25, 0.3) is 0 Å². The van der Waals surface area contributed by atoms with Crippen molar-refractivity contribution in [3.8, 4) is 0 Å². The smallest absolute Gasteiger partial charge is 0.195 e. The molecular formula is C25H28N2O. The Morgan fingerprint density at radius 2 is 1.29 bits per heavy atom. The molecule has 0 saturated heterocycles. The molecule has 3 nitrogen and oxygen atoms in total. The molecule has 0 fully saturated rings. The molecule has 144 valence electrons. The van der Waals surface area contributed by atoms with E-state index in [1.807, 2.05) is 30.3 Å². The van der Waals surface area contributed by atoms with E-state index >= 15 is 0 Å². The summed E-state index contributed by atoms with van der Waals surface area (Å²) < 4.78 is 0. The Hall–Kier alpha value is -3.33. The van der Waals surface area contributed by atoms with Gasteiger partial charge in [0.25, 0.3) is 0 Å². The normalized spacial score (nSPS) is 10.3. The molecule has 0 unspecified atom stereocenters. The maximum Gasteiger partial charge on any atom is 0.195 e. The number of benzene rings is 2. The van der Waals surface area contributed by atoms with Gasteiger partial charge in [-0.05, 0) is 47.9 Å². The molecule has 28 heavy (non-hydrogen) atoms. The molecule has 2 aromatic rings. The van der Waals surface area contributed by atoms with Crippen LogP contribution in [0.1, 0.15) is 38.2 Å². The molecule has 0 aliphatic carbocycles. The summed E-state index contributed by atoms with van der Waals surface area (Å²) in [6, 6.07) is 7.51. The van der Waals surface area contributed by atoms with Crippen molar-refractivity contribution in [2.75, 3.05) is 11.5 Å². The van der Waals surface area contributed by atoms with Crippen LogP contribution in [0.3, 0.4) is 0 Å². The Morgan fingerprint density at radius 3 is 1.89 bits per heavy atom. The predicted molar refractivity (Wildman–Crippen MR) is 121 cm³/mol. The second-order valence-electron chi connectivity index (χ2n) is 6.60. The largest absolute Gasteiger partial charge is 0.397 e. The van der Waals surface area contributed by atoms with Gasteiger partial charge in [0.1, 0.15) is 0 Å². The van der Waals surface area contributed by atoms with Crippen molar-refractivity contribution in [3.63, 3.8) is 0 Å². The maximum absolute atomic E-state index is 13.6. The molecular weight excluding hydrogens is 344 g/mol. The van der Waals surface area contributed by atoms with Crippen molar-refractivity contribution < 1.29 is 4.79 Å². The van der Waals surface area contributed by atoms with Crippen molar-refractivity contribution in [1.82, 2.24) is 0 Å². The molecule has 0 aromatic heterocycles. The zero-order valence-corrected chi connectivity index (χ0v) is 16.3. The number of ketones is 1. The quantitative estimate of drug-likeness (QED) is 0.350. The minimum Gasteiger partial charge on any atom is -0.397 e. The van der Waals surface area contributed by atoms with E-state index in [2.05, 4.69) is 26.3 Å². The minimum atomic E-state index is -0.131. The maximum atomic E-state index is 13.6. The average Bonchev–Trinajstić information content (AvgIpc) is 2.69. The number of anilines is 2. The van der Waals surface area contributed by atoms with E-state index in [4.69, 9.17) is 11.5 Å². The SMILES string of the molecule is C=CCc1ccccc1C(=O)c1c(N)c(N)c(CC=C)c(CC=C)c1CC=C. The Kier molecular flexibility index (Phi) is 7.16. The number of carbonyl (C=O) groups is 1. The number of carbonyl (C=O) groups excluding carboxylic acids is 1. The van der Waals surface area contributed by atoms with Crippen molar-refractivity contribution in [3.05, 3.63) is 108 Å². The summed E-state index contributed by atoms with van der Waals surface area (Å²) >= 11 is 0. The second kappa shape index (κ2) is 9.56. The molecule has 0 bridgehead atoms. The highest BCUT2D eigenvalue weighted by Crippen LogP contribution is 2.36. The van der Waals surface area contributed by atoms with Crippen LogP contribution < -0.4 is 11.5 Å². The number of hydrogen-bond acceptors (Lipinski definition) is 3. The monoisotopic (exact) mass is 372 g/mol. The van der Waals surface area contributed by atoms with Gasteiger partial charge in [-0.1, -0.05) is 48.6 Å². The number of rotatable bonds is 10. The van der Waals surface area contributed by atoms with Crippen LogP contribution in [0.15, 0.2) is 74.9 Å². The first-order valence-corrected chi connectivity index (χ1v) is 9.29. The zero-order chi connectivity index (χ0) is 20.7. The lowest BCUT2D eigenvalue weighted by molar-refractivity contribution is 0.103. The van der Waals surface area contributed by atoms with E-state index in [1.165, 1.54) is 0 Å². The average molecular weight is 373 g/mol. The third kappa shape index (κ3) is 3.99. The van der Waals surface area contributed by atoms with Gasteiger partial charge >= 0.3 is 0 Å². The Morgan fingerprint density at radius 1 is 0.750 bits per heavy atom. The summed E-state index contributed by atoms with van der Waals surface area (Å²) in [4.78, 5) is 13.6. The molecule has 0 atom stereocenters. The molecule has 4 N–H and O–H groups in total. The van der Waals surface area contributed by atoms with Gasteiger partial charge in [0.15, 0.2) is 5.78 Å². The Balaban J connectivity index is 2.84. The molecule has 3 heteroatoms. The van der Waals surface area contributed by atoms with Crippen molar-refractivity contribution in [1.29, 1.82) is 0 Å². The number of nitrogen functional groups attached to an aromatic ring is 2. The highest BCUT2D eigenvalue weighted by atomic mass is 16.1. The first kappa shape index (κ1) is 21.0. The summed E-state index contributed by atoms with van der Waals surface area (Å²) in [5.41, 5.74) is 18.3. The first-order chi connectivity index (χ1) is 13.5. The molecule has 0 amide bonds. The molecule has 0 heterocycles. The van der Waals surface area contributed by atoms with Crippen LogP contribution in [-0.4, -0.2) is 5.78 Å². The van der Waals surface area contributed by atoms with Crippen LogP contribution in [0.4, 0.5) is 11.4 Å². The van der Waals surface area contributed by atoms with Crippen LogP contribution in [0.2, 0.25) is 0 Å². The lowest BCUT2D eigenvalue weighted by atomic mass is 9.84. The summed E-state index contributed by atoms with van der Waals surface area (Å²) in [5, 5.41) is 0. The lowest BCUT2D eigenvalue weighted by Crippen LogP contribution is -2.17. The van der Waals surface area contributed by atoms with E-state index in [9.17, 15) is 4.79 Å². The minimum absolute atomic E-state index is 0.131. The van der Waals surface area contributed by atoms with Gasteiger partial charge < -0.3 is 11.5 Å². The van der Waals surface area contributed by atoms with E-state index in [-0.39, 0.29) is 5.78 Å². The summed E-state index contributed by atoms with van der Waals surface area (Å²) in [5.74, 6) is -0.131. The third-order valence-electron chi connectivity index (χ3n) is 4.81. The van der Waals surface area contributed by atoms with Gasteiger partial charge in [-0.15, -0.1) is 26.3 Å². The van der Waals surface area contributed by atoms with Crippen LogP contribution in [0, 0.1) is 0 Å². The predicted octanol–water partition coefficient (Wildman–Crippen LogP) is 5.00. The summed E-state index contributed by atoms with van der Waals surface area (Å²) in [7, 11) is 0. The molecule has 0 aliphatic rings. The fraction of sp³-hybridized carbons (Fsp3) is 0.160. The number of allylic oxidation sites excluding steroid dienone is 4. The topological polar surface area (TPSA) is 69.1 Å². The van der Waals surface area contributed by atoms with Gasteiger partial charge in [-0.2, -0.15) is 0 Å². The second-order valence-corrected chi connectivity index (χ2v) is 6.60. The van der Waals surface area contributed by atoms with Crippen molar-refractivity contribution >= 4 is 17.2 Å². The molecule has 0 spiro atoms. The van der Waals surface area contributed by atoms with E-state index in [0.717, 1.165) is 22.3 Å². The van der Waals surface area contributed by atoms with Gasteiger partial charge in [0.2, 0.25) is 0 Å². The number of nitrogens with two attached hydrogens (primary N) is 2. The molecule has 2 rings (SSSR count). The first-order valence-electron chi connectivity index (χ1n) is 9.29. The highest BCUT2D eigenvalue weighted by molar-refractivity contribution is 6.15. The van der Waals surface area contributed by atoms with Gasteiger partial charge in [-0.25, -0.2) is 0 Å². The van der Waals surface area contributed by atoms with Crippen LogP contribution in [0.5, 0.6) is 0 Å². The summed E-state index contributed by atoms with van der Waals surface area (Å²) in [6.45, 7) is 15.3. The summed E-state index contributed by atoms with van der Waals surface area (Å²) in [6.07, 6.45) is 9.44. The van der Waals surface area contributed by atoms with Crippen LogP contribution >= 0.6 is 0 Å². The fourth-order valence-corrected chi connectivity index (χ4v) is 3.56. The number of hydrogen-bond donors (Lipinski definition) is 2. The van der Waals surface area contributed by atoms with Crippen LogP contribution in [-0.2, 0) is 25.7 Å². The molecule has 0 saturated carbocycles. The molecule has 2 aromatic carbocycles. The highest BCUT2D eigenvalue weighted by Gasteiger charge is 2.25.